The Bertz CT molecular complexity index is 360. The number of nitrogens with zero attached hydrogens (tertiary/aromatic N) is 2. The summed E-state index contributed by atoms with van der Waals surface area (Å²) in [5, 5.41) is 3.57. The molecule has 0 aromatic carbocycles. The molecule has 1 N–H and O–H groups in total. The first-order valence-corrected chi connectivity index (χ1v) is 6.61. The molecule has 0 bridgehead atoms. The van der Waals surface area contributed by atoms with Crippen LogP contribution in [0.25, 0.3) is 0 Å². The van der Waals surface area contributed by atoms with Crippen LogP contribution in [-0.4, -0.2) is 24.1 Å². The molecule has 0 spiro atoms. The minimum absolute atomic E-state index is 0.555. The highest BCUT2D eigenvalue weighted by atomic mass is 15.1. The zero-order valence-corrected chi connectivity index (χ0v) is 11.1. The molecule has 1 aromatic rings. The van der Waals surface area contributed by atoms with E-state index in [1.807, 2.05) is 12.4 Å². The van der Waals surface area contributed by atoms with Gasteiger partial charge in [-0.05, 0) is 37.8 Å². The topological polar surface area (TPSA) is 28.2 Å². The maximum absolute atomic E-state index is 4.26. The van der Waals surface area contributed by atoms with E-state index < -0.39 is 0 Å². The Morgan fingerprint density at radius 3 is 2.94 bits per heavy atom. The van der Waals surface area contributed by atoms with Crippen LogP contribution in [0.15, 0.2) is 18.5 Å². The Balaban J connectivity index is 2.07. The van der Waals surface area contributed by atoms with Crippen LogP contribution >= 0.6 is 0 Å². The van der Waals surface area contributed by atoms with E-state index in [0.29, 0.717) is 6.04 Å². The second kappa shape index (κ2) is 5.50. The number of rotatable bonds is 6. The fourth-order valence-corrected chi connectivity index (χ4v) is 1.94. The first-order chi connectivity index (χ1) is 8.22. The summed E-state index contributed by atoms with van der Waals surface area (Å²) in [6.07, 6.45) is 7.69. The average Bonchev–Trinajstić information content (AvgIpc) is 3.19. The molecular formula is C14H23N3. The molecule has 17 heavy (non-hydrogen) atoms. The standard InChI is InChI=1S/C14H23N3/c1-4-11(2)17(3)14-10-15-8-7-12(14)9-16-13-5-6-13/h7-8,10-11,13,16H,4-6,9H2,1-3H3. The highest BCUT2D eigenvalue weighted by molar-refractivity contribution is 5.51. The lowest BCUT2D eigenvalue weighted by Crippen LogP contribution is -2.30. The molecule has 3 nitrogen and oxygen atoms in total. The van der Waals surface area contributed by atoms with Crippen molar-refractivity contribution in [2.24, 2.45) is 0 Å². The van der Waals surface area contributed by atoms with Gasteiger partial charge >= 0.3 is 0 Å². The highest BCUT2D eigenvalue weighted by Crippen LogP contribution is 2.23. The van der Waals surface area contributed by atoms with Crippen molar-refractivity contribution in [2.75, 3.05) is 11.9 Å². The first-order valence-electron chi connectivity index (χ1n) is 6.61. The zero-order valence-electron chi connectivity index (χ0n) is 11.1. The van der Waals surface area contributed by atoms with Crippen LogP contribution in [0.3, 0.4) is 0 Å². The molecule has 0 saturated heterocycles. The number of hydrogen-bond acceptors (Lipinski definition) is 3. The monoisotopic (exact) mass is 233 g/mol. The van der Waals surface area contributed by atoms with Crippen molar-refractivity contribution in [3.05, 3.63) is 24.0 Å². The van der Waals surface area contributed by atoms with Gasteiger partial charge in [-0.3, -0.25) is 4.98 Å². The van der Waals surface area contributed by atoms with Gasteiger partial charge in [0.1, 0.15) is 0 Å². The zero-order chi connectivity index (χ0) is 12.3. The Labute approximate surface area is 104 Å². The summed E-state index contributed by atoms with van der Waals surface area (Å²) >= 11 is 0. The van der Waals surface area contributed by atoms with E-state index in [1.54, 1.807) is 0 Å². The molecule has 0 aliphatic heterocycles. The van der Waals surface area contributed by atoms with E-state index >= 15 is 0 Å². The van der Waals surface area contributed by atoms with Gasteiger partial charge in [-0.2, -0.15) is 0 Å². The summed E-state index contributed by atoms with van der Waals surface area (Å²) in [5.41, 5.74) is 2.62. The lowest BCUT2D eigenvalue weighted by atomic mass is 10.1. The fraction of sp³-hybridized carbons (Fsp3) is 0.643. The molecule has 1 heterocycles. The van der Waals surface area contributed by atoms with Crippen molar-refractivity contribution in [3.63, 3.8) is 0 Å². The van der Waals surface area contributed by atoms with Gasteiger partial charge in [-0.1, -0.05) is 6.92 Å². The molecule has 94 valence electrons. The summed E-state index contributed by atoms with van der Waals surface area (Å²) < 4.78 is 0. The molecular weight excluding hydrogens is 210 g/mol. The van der Waals surface area contributed by atoms with Crippen LogP contribution in [0.1, 0.15) is 38.7 Å². The van der Waals surface area contributed by atoms with Gasteiger partial charge in [0.25, 0.3) is 0 Å². The van der Waals surface area contributed by atoms with Crippen LogP contribution in [0.2, 0.25) is 0 Å². The van der Waals surface area contributed by atoms with Crippen molar-refractivity contribution in [3.8, 4) is 0 Å². The largest absolute Gasteiger partial charge is 0.370 e. The van der Waals surface area contributed by atoms with Gasteiger partial charge in [0.05, 0.1) is 11.9 Å². The molecule has 3 heteroatoms. The number of hydrogen-bond donors (Lipinski definition) is 1. The van der Waals surface area contributed by atoms with E-state index in [0.717, 1.165) is 19.0 Å². The first kappa shape index (κ1) is 12.4. The summed E-state index contributed by atoms with van der Waals surface area (Å²) in [6, 6.07) is 3.44. The van der Waals surface area contributed by atoms with Crippen molar-refractivity contribution >= 4 is 5.69 Å². The third-order valence-electron chi connectivity index (χ3n) is 3.68. The Morgan fingerprint density at radius 1 is 1.53 bits per heavy atom. The third kappa shape index (κ3) is 3.19. The van der Waals surface area contributed by atoms with E-state index in [1.165, 1.54) is 24.1 Å². The molecule has 1 aromatic heterocycles. The summed E-state index contributed by atoms with van der Waals surface area (Å²) in [6.45, 7) is 5.44. The maximum atomic E-state index is 4.26. The predicted molar refractivity (Wildman–Crippen MR) is 72.3 cm³/mol. The summed E-state index contributed by atoms with van der Waals surface area (Å²) in [5.74, 6) is 0. The lowest BCUT2D eigenvalue weighted by molar-refractivity contribution is 0.648. The highest BCUT2D eigenvalue weighted by Gasteiger charge is 2.21. The summed E-state index contributed by atoms with van der Waals surface area (Å²) in [7, 11) is 2.16. The Hall–Kier alpha value is -1.09. The smallest absolute Gasteiger partial charge is 0.0598 e. The van der Waals surface area contributed by atoms with Crippen LogP contribution < -0.4 is 10.2 Å². The van der Waals surface area contributed by atoms with E-state index in [9.17, 15) is 0 Å². The van der Waals surface area contributed by atoms with Gasteiger partial charge in [-0.25, -0.2) is 0 Å². The van der Waals surface area contributed by atoms with Crippen molar-refractivity contribution in [1.82, 2.24) is 10.3 Å². The van der Waals surface area contributed by atoms with Crippen LogP contribution in [0.4, 0.5) is 5.69 Å². The van der Waals surface area contributed by atoms with Gasteiger partial charge in [-0.15, -0.1) is 0 Å². The maximum Gasteiger partial charge on any atom is 0.0598 e. The predicted octanol–water partition coefficient (Wildman–Crippen LogP) is 2.57. The van der Waals surface area contributed by atoms with Crippen LogP contribution in [0.5, 0.6) is 0 Å². The van der Waals surface area contributed by atoms with Crippen molar-refractivity contribution in [2.45, 2.75) is 51.7 Å². The number of aromatic nitrogens is 1. The Kier molecular flexibility index (Phi) is 4.00. The summed E-state index contributed by atoms with van der Waals surface area (Å²) in [4.78, 5) is 6.59. The molecule has 1 aliphatic carbocycles. The molecule has 0 amide bonds. The second-order valence-corrected chi connectivity index (χ2v) is 5.03. The second-order valence-electron chi connectivity index (χ2n) is 5.03. The van der Waals surface area contributed by atoms with E-state index in [-0.39, 0.29) is 0 Å². The van der Waals surface area contributed by atoms with Crippen LogP contribution in [-0.2, 0) is 6.54 Å². The fourth-order valence-electron chi connectivity index (χ4n) is 1.94. The van der Waals surface area contributed by atoms with E-state index in [2.05, 4.69) is 42.2 Å². The number of anilines is 1. The van der Waals surface area contributed by atoms with Crippen molar-refractivity contribution < 1.29 is 0 Å². The molecule has 1 atom stereocenters. The van der Waals surface area contributed by atoms with Gasteiger partial charge in [0.15, 0.2) is 0 Å². The minimum Gasteiger partial charge on any atom is -0.370 e. The number of pyridine rings is 1. The molecule has 1 fully saturated rings. The Morgan fingerprint density at radius 2 is 2.29 bits per heavy atom. The number of nitrogens with one attached hydrogen (secondary N) is 1. The minimum atomic E-state index is 0.555. The average molecular weight is 233 g/mol. The van der Waals surface area contributed by atoms with Crippen molar-refractivity contribution in [1.29, 1.82) is 0 Å². The molecule has 1 unspecified atom stereocenters. The van der Waals surface area contributed by atoms with Gasteiger partial charge in [0.2, 0.25) is 0 Å². The molecule has 0 radical (unpaired) electrons. The normalized spacial score (nSPS) is 16.9. The molecule has 1 aliphatic rings. The molecule has 1 saturated carbocycles. The van der Waals surface area contributed by atoms with Gasteiger partial charge in [0, 0.05) is 31.9 Å². The lowest BCUT2D eigenvalue weighted by Gasteiger charge is -2.28. The molecule has 2 rings (SSSR count). The quantitative estimate of drug-likeness (QED) is 0.818. The third-order valence-corrected chi connectivity index (χ3v) is 3.68. The SMILES string of the molecule is CCC(C)N(C)c1cnccc1CNC1CC1. The van der Waals surface area contributed by atoms with E-state index in [4.69, 9.17) is 0 Å². The van der Waals surface area contributed by atoms with Crippen LogP contribution in [0, 0.1) is 0 Å². The van der Waals surface area contributed by atoms with Gasteiger partial charge < -0.3 is 10.2 Å².